The van der Waals surface area contributed by atoms with Gasteiger partial charge < -0.3 is 11.5 Å². The molecular formula is C8H14N2O. The summed E-state index contributed by atoms with van der Waals surface area (Å²) in [4.78, 5) is 10.9. The van der Waals surface area contributed by atoms with Gasteiger partial charge in [0.05, 0.1) is 5.92 Å². The van der Waals surface area contributed by atoms with Crippen molar-refractivity contribution in [2.24, 2.45) is 29.2 Å². The van der Waals surface area contributed by atoms with Crippen LogP contribution in [0.5, 0.6) is 0 Å². The summed E-state index contributed by atoms with van der Waals surface area (Å²) in [6.45, 7) is 0. The number of fused-ring (bicyclic) bond motifs is 2. The first-order chi connectivity index (χ1) is 5.20. The lowest BCUT2D eigenvalue weighted by atomic mass is 9.84. The monoisotopic (exact) mass is 154 g/mol. The van der Waals surface area contributed by atoms with E-state index < -0.39 is 0 Å². The number of carbonyl (C=O) groups excluding carboxylic acids is 1. The van der Waals surface area contributed by atoms with Crippen LogP contribution in [0.25, 0.3) is 0 Å². The molecule has 1 amide bonds. The van der Waals surface area contributed by atoms with Gasteiger partial charge in [-0.15, -0.1) is 0 Å². The molecule has 62 valence electrons. The Morgan fingerprint density at radius 1 is 1.27 bits per heavy atom. The van der Waals surface area contributed by atoms with Crippen LogP contribution in [0.4, 0.5) is 0 Å². The highest BCUT2D eigenvalue weighted by atomic mass is 16.1. The van der Waals surface area contributed by atoms with Crippen molar-refractivity contribution in [2.75, 3.05) is 0 Å². The van der Waals surface area contributed by atoms with E-state index in [4.69, 9.17) is 11.5 Å². The van der Waals surface area contributed by atoms with Crippen LogP contribution in [0.15, 0.2) is 0 Å². The standard InChI is InChI=1S/C8H14N2O/c9-7-5-2-1-4(3-5)6(7)8(10)11/h4-7H,1-3,9H2,(H2,10,11)/t4?,5-,6-,7+/m0/s1. The lowest BCUT2D eigenvalue weighted by molar-refractivity contribution is -0.123. The van der Waals surface area contributed by atoms with Gasteiger partial charge in [-0.05, 0) is 31.1 Å². The van der Waals surface area contributed by atoms with Gasteiger partial charge in [0.15, 0.2) is 0 Å². The first kappa shape index (κ1) is 7.10. The Morgan fingerprint density at radius 2 is 1.91 bits per heavy atom. The van der Waals surface area contributed by atoms with Gasteiger partial charge in [0.25, 0.3) is 0 Å². The van der Waals surface area contributed by atoms with Crippen LogP contribution in [0.2, 0.25) is 0 Å². The summed E-state index contributed by atoms with van der Waals surface area (Å²) >= 11 is 0. The van der Waals surface area contributed by atoms with Gasteiger partial charge in [0, 0.05) is 6.04 Å². The van der Waals surface area contributed by atoms with Crippen molar-refractivity contribution in [3.05, 3.63) is 0 Å². The molecule has 0 spiro atoms. The number of hydrogen-bond acceptors (Lipinski definition) is 2. The predicted octanol–water partition coefficient (Wildman–Crippen LogP) is -0.155. The van der Waals surface area contributed by atoms with Crippen LogP contribution in [-0.4, -0.2) is 11.9 Å². The summed E-state index contributed by atoms with van der Waals surface area (Å²) in [5.74, 6) is 0.878. The highest BCUT2D eigenvalue weighted by molar-refractivity contribution is 5.78. The molecule has 2 fully saturated rings. The Bertz CT molecular complexity index is 191. The highest BCUT2D eigenvalue weighted by Crippen LogP contribution is 2.47. The number of amides is 1. The van der Waals surface area contributed by atoms with Crippen LogP contribution in [0.1, 0.15) is 19.3 Å². The van der Waals surface area contributed by atoms with Crippen LogP contribution in [-0.2, 0) is 4.79 Å². The molecule has 2 bridgehead atoms. The average Bonchev–Trinajstić information content (AvgIpc) is 2.44. The molecule has 4 N–H and O–H groups in total. The third-order valence-corrected chi connectivity index (χ3v) is 3.31. The first-order valence-corrected chi connectivity index (χ1v) is 4.25. The fraction of sp³-hybridized carbons (Fsp3) is 0.875. The maximum atomic E-state index is 10.9. The zero-order valence-corrected chi connectivity index (χ0v) is 6.49. The summed E-state index contributed by atoms with van der Waals surface area (Å²) in [6.07, 6.45) is 3.50. The van der Waals surface area contributed by atoms with E-state index in [0.29, 0.717) is 11.8 Å². The quantitative estimate of drug-likeness (QED) is 0.551. The van der Waals surface area contributed by atoms with Crippen molar-refractivity contribution >= 4 is 5.91 Å². The lowest BCUT2D eigenvalue weighted by Crippen LogP contribution is -2.43. The van der Waals surface area contributed by atoms with Crippen molar-refractivity contribution in [1.29, 1.82) is 0 Å². The number of primary amides is 1. The lowest BCUT2D eigenvalue weighted by Gasteiger charge is -2.24. The number of rotatable bonds is 1. The van der Waals surface area contributed by atoms with Gasteiger partial charge in [-0.25, -0.2) is 0 Å². The van der Waals surface area contributed by atoms with Crippen LogP contribution >= 0.6 is 0 Å². The SMILES string of the molecule is NC(=O)[C@H]1C2CC[C@@H](C2)[C@H]1N. The minimum atomic E-state index is -0.190. The number of hydrogen-bond donors (Lipinski definition) is 2. The molecule has 3 heteroatoms. The van der Waals surface area contributed by atoms with Crippen molar-refractivity contribution in [3.63, 3.8) is 0 Å². The molecular weight excluding hydrogens is 140 g/mol. The average molecular weight is 154 g/mol. The molecule has 0 aromatic rings. The summed E-state index contributed by atoms with van der Waals surface area (Å²) < 4.78 is 0. The molecule has 3 nitrogen and oxygen atoms in total. The van der Waals surface area contributed by atoms with E-state index in [1.165, 1.54) is 6.42 Å². The van der Waals surface area contributed by atoms with E-state index >= 15 is 0 Å². The normalized spacial score (nSPS) is 48.1. The molecule has 2 rings (SSSR count). The third kappa shape index (κ3) is 0.872. The van der Waals surface area contributed by atoms with Crippen molar-refractivity contribution in [2.45, 2.75) is 25.3 Å². The molecule has 0 aromatic heterocycles. The topological polar surface area (TPSA) is 69.1 Å². The molecule has 1 unspecified atom stereocenters. The van der Waals surface area contributed by atoms with Gasteiger partial charge in [-0.3, -0.25) is 4.79 Å². The molecule has 2 aliphatic carbocycles. The highest BCUT2D eigenvalue weighted by Gasteiger charge is 2.48. The van der Waals surface area contributed by atoms with Gasteiger partial charge in [0.2, 0.25) is 5.91 Å². The van der Waals surface area contributed by atoms with Crippen LogP contribution in [0.3, 0.4) is 0 Å². The fourth-order valence-corrected chi connectivity index (χ4v) is 2.76. The zero-order valence-electron chi connectivity index (χ0n) is 6.49. The molecule has 11 heavy (non-hydrogen) atoms. The second-order valence-corrected chi connectivity index (χ2v) is 3.84. The van der Waals surface area contributed by atoms with Crippen molar-refractivity contribution in [1.82, 2.24) is 0 Å². The minimum absolute atomic E-state index is 0.0197. The van der Waals surface area contributed by atoms with Gasteiger partial charge in [0.1, 0.15) is 0 Å². The molecule has 0 radical (unpaired) electrons. The van der Waals surface area contributed by atoms with E-state index in [-0.39, 0.29) is 17.9 Å². The summed E-state index contributed by atoms with van der Waals surface area (Å²) in [6, 6.07) is 0.0613. The predicted molar refractivity (Wildman–Crippen MR) is 41.5 cm³/mol. The van der Waals surface area contributed by atoms with E-state index in [1.807, 2.05) is 0 Å². The minimum Gasteiger partial charge on any atom is -0.369 e. The van der Waals surface area contributed by atoms with Gasteiger partial charge in [-0.1, -0.05) is 0 Å². The zero-order chi connectivity index (χ0) is 8.01. The molecule has 0 heterocycles. The van der Waals surface area contributed by atoms with Crippen molar-refractivity contribution < 1.29 is 4.79 Å². The Hall–Kier alpha value is -0.570. The molecule has 0 aromatic carbocycles. The molecule has 0 aliphatic heterocycles. The Kier molecular flexibility index (Phi) is 1.42. The summed E-state index contributed by atoms with van der Waals surface area (Å²) in [7, 11) is 0. The van der Waals surface area contributed by atoms with E-state index in [2.05, 4.69) is 0 Å². The Morgan fingerprint density at radius 3 is 2.27 bits per heavy atom. The molecule has 2 saturated carbocycles. The molecule has 0 saturated heterocycles. The Balaban J connectivity index is 2.17. The Labute approximate surface area is 66.1 Å². The van der Waals surface area contributed by atoms with Crippen LogP contribution < -0.4 is 11.5 Å². The first-order valence-electron chi connectivity index (χ1n) is 4.25. The van der Waals surface area contributed by atoms with E-state index in [1.54, 1.807) is 0 Å². The van der Waals surface area contributed by atoms with Crippen LogP contribution in [0, 0.1) is 17.8 Å². The second kappa shape index (κ2) is 2.21. The number of carbonyl (C=O) groups is 1. The van der Waals surface area contributed by atoms with Gasteiger partial charge >= 0.3 is 0 Å². The smallest absolute Gasteiger partial charge is 0.222 e. The fourth-order valence-electron chi connectivity index (χ4n) is 2.76. The maximum Gasteiger partial charge on any atom is 0.222 e. The largest absolute Gasteiger partial charge is 0.369 e. The van der Waals surface area contributed by atoms with E-state index in [9.17, 15) is 4.79 Å². The molecule has 2 aliphatic rings. The van der Waals surface area contributed by atoms with Crippen molar-refractivity contribution in [3.8, 4) is 0 Å². The van der Waals surface area contributed by atoms with Gasteiger partial charge in [-0.2, -0.15) is 0 Å². The second-order valence-electron chi connectivity index (χ2n) is 3.84. The third-order valence-electron chi connectivity index (χ3n) is 3.31. The summed E-state index contributed by atoms with van der Waals surface area (Å²) in [5, 5.41) is 0. The van der Waals surface area contributed by atoms with E-state index in [0.717, 1.165) is 12.8 Å². The number of nitrogens with two attached hydrogens (primary N) is 2. The molecule has 4 atom stereocenters. The summed E-state index contributed by atoms with van der Waals surface area (Å²) in [5.41, 5.74) is 11.1. The maximum absolute atomic E-state index is 10.9.